The van der Waals surface area contributed by atoms with Crippen LogP contribution in [0, 0.1) is 0 Å². The highest BCUT2D eigenvalue weighted by Gasteiger charge is 2.35. The van der Waals surface area contributed by atoms with E-state index in [9.17, 15) is 14.4 Å². The number of nitrogen functional groups attached to an aromatic ring is 2. The highest BCUT2D eigenvalue weighted by molar-refractivity contribution is 6.31. The quantitative estimate of drug-likeness (QED) is 0.142. The molecule has 1 amide bonds. The smallest absolute Gasteiger partial charge is 0.341 e. The number of benzene rings is 2. The first-order valence-electron chi connectivity index (χ1n) is 15.1. The number of carboxylic acids is 2. The second-order valence-electron chi connectivity index (χ2n) is 11.5. The van der Waals surface area contributed by atoms with E-state index in [2.05, 4.69) is 15.3 Å². The molecule has 2 aromatic carbocycles. The molecule has 0 spiro atoms. The van der Waals surface area contributed by atoms with Crippen molar-refractivity contribution in [2.75, 3.05) is 50.9 Å². The molecular weight excluding hydrogens is 616 g/mol. The molecule has 0 unspecified atom stereocenters. The first-order chi connectivity index (χ1) is 22.0. The van der Waals surface area contributed by atoms with E-state index < -0.39 is 17.8 Å². The summed E-state index contributed by atoms with van der Waals surface area (Å²) < 4.78 is 11.3. The Kier molecular flexibility index (Phi) is 12.0. The van der Waals surface area contributed by atoms with Crippen molar-refractivity contribution in [3.63, 3.8) is 0 Å². The van der Waals surface area contributed by atoms with Crippen molar-refractivity contribution in [2.45, 2.75) is 44.6 Å². The van der Waals surface area contributed by atoms with E-state index in [1.807, 2.05) is 24.3 Å². The van der Waals surface area contributed by atoms with Gasteiger partial charge in [0.15, 0.2) is 35.7 Å². The number of likely N-dealkylation sites (tertiary alicyclic amines) is 1. The predicted molar refractivity (Wildman–Crippen MR) is 172 cm³/mol. The number of hydrogen-bond acceptors (Lipinski definition) is 9. The molecule has 1 aromatic heterocycles. The molecular formula is C32H40ClN6O7+. The van der Waals surface area contributed by atoms with E-state index in [-0.39, 0.29) is 41.7 Å². The molecule has 1 fully saturated rings. The van der Waals surface area contributed by atoms with Gasteiger partial charge in [-0.3, -0.25) is 4.79 Å². The lowest BCUT2D eigenvalue weighted by atomic mass is 9.99. The zero-order valence-corrected chi connectivity index (χ0v) is 26.2. The summed E-state index contributed by atoms with van der Waals surface area (Å²) in [5.41, 5.74) is 13.8. The lowest BCUT2D eigenvalue weighted by molar-refractivity contribution is -0.933. The van der Waals surface area contributed by atoms with Crippen molar-refractivity contribution in [3.05, 3.63) is 70.5 Å². The fraction of sp³-hybridized carbons (Fsp3) is 0.406. The molecule has 1 aliphatic rings. The third-order valence-corrected chi connectivity index (χ3v) is 8.29. The van der Waals surface area contributed by atoms with Crippen LogP contribution in [0.4, 0.5) is 11.6 Å². The molecule has 1 aliphatic heterocycles. The average Bonchev–Trinajstić information content (AvgIpc) is 3.02. The maximum Gasteiger partial charge on any atom is 0.341 e. The van der Waals surface area contributed by atoms with Crippen LogP contribution in [0.3, 0.4) is 0 Å². The number of carboxylic acid groups (broad SMARTS) is 2. The third kappa shape index (κ3) is 10.2. The summed E-state index contributed by atoms with van der Waals surface area (Å²) in [6.07, 6.45) is 5.25. The van der Waals surface area contributed by atoms with Crippen molar-refractivity contribution in [2.24, 2.45) is 0 Å². The molecule has 7 N–H and O–H groups in total. The minimum absolute atomic E-state index is 0.0334. The molecule has 1 saturated heterocycles. The van der Waals surface area contributed by atoms with Gasteiger partial charge in [0.1, 0.15) is 11.5 Å². The Hall–Kier alpha value is -4.62. The number of aliphatic carboxylic acids is 2. The number of halogens is 1. The number of quaternary nitrogens is 1. The summed E-state index contributed by atoms with van der Waals surface area (Å²) in [5.74, 6) is -1.57. The van der Waals surface area contributed by atoms with Crippen molar-refractivity contribution >= 4 is 41.1 Å². The molecule has 0 radical (unpaired) electrons. The second-order valence-corrected chi connectivity index (χ2v) is 11.9. The lowest BCUT2D eigenvalue weighted by Crippen LogP contribution is -2.60. The van der Waals surface area contributed by atoms with Gasteiger partial charge in [0.25, 0.3) is 5.91 Å². The Labute approximate surface area is 272 Å². The fourth-order valence-corrected chi connectivity index (χ4v) is 5.98. The number of rotatable bonds is 16. The zero-order valence-electron chi connectivity index (χ0n) is 25.5. The van der Waals surface area contributed by atoms with E-state index >= 15 is 0 Å². The molecule has 14 heteroatoms. The van der Waals surface area contributed by atoms with Crippen molar-refractivity contribution < 1.29 is 38.6 Å². The van der Waals surface area contributed by atoms with Crippen LogP contribution < -0.4 is 26.3 Å². The molecule has 46 heavy (non-hydrogen) atoms. The number of aryl methyl sites for hydroxylation is 2. The Morgan fingerprint density at radius 2 is 1.37 bits per heavy atom. The zero-order chi connectivity index (χ0) is 33.1. The molecule has 2 heterocycles. The molecule has 0 aliphatic carbocycles. The van der Waals surface area contributed by atoms with Crippen LogP contribution in [0.2, 0.25) is 5.15 Å². The first kappa shape index (κ1) is 34.3. The number of anilines is 2. The van der Waals surface area contributed by atoms with E-state index in [0.717, 1.165) is 80.3 Å². The van der Waals surface area contributed by atoms with E-state index in [0.29, 0.717) is 11.5 Å². The maximum absolute atomic E-state index is 13.1. The summed E-state index contributed by atoms with van der Waals surface area (Å²) >= 11 is 6.01. The standard InChI is InChI=1S/C32H39ClN6O7/c33-29-31(35)38-30(34)28(37-29)32(44)36-23-6-3-17-39(18-23,15-1-4-21-7-11-24(12-8-21)45-19-26(40)41)16-2-5-22-9-13-25(14-10-22)46-20-27(42)43/h7-14,23H,1-6,15-20H2,(H6-,34,35,36,38,40,41,42,43,44)/p+1/t23-/m0/s1. The maximum atomic E-state index is 13.1. The van der Waals surface area contributed by atoms with Gasteiger partial charge in [0.05, 0.1) is 32.2 Å². The monoisotopic (exact) mass is 655 g/mol. The molecule has 13 nitrogen and oxygen atoms in total. The summed E-state index contributed by atoms with van der Waals surface area (Å²) in [6.45, 7) is 2.76. The van der Waals surface area contributed by atoms with Crippen LogP contribution >= 0.6 is 11.6 Å². The van der Waals surface area contributed by atoms with Gasteiger partial charge in [-0.2, -0.15) is 0 Å². The summed E-state index contributed by atoms with van der Waals surface area (Å²) in [4.78, 5) is 42.7. The minimum atomic E-state index is -1.02. The van der Waals surface area contributed by atoms with Gasteiger partial charge in [-0.05, 0) is 61.1 Å². The second kappa shape index (κ2) is 16.1. The molecule has 0 bridgehead atoms. The topological polar surface area (TPSA) is 200 Å². The number of carbonyl (C=O) groups excluding carboxylic acids is 1. The minimum Gasteiger partial charge on any atom is -0.482 e. The number of carbonyl (C=O) groups is 3. The first-order valence-corrected chi connectivity index (χ1v) is 15.5. The number of nitrogens with two attached hydrogens (primary N) is 2. The van der Waals surface area contributed by atoms with Gasteiger partial charge in [-0.1, -0.05) is 35.9 Å². The Bertz CT molecular complexity index is 1440. The number of ether oxygens (including phenoxy) is 2. The Morgan fingerprint density at radius 3 is 1.87 bits per heavy atom. The van der Waals surface area contributed by atoms with Gasteiger partial charge in [-0.15, -0.1) is 0 Å². The van der Waals surface area contributed by atoms with E-state index in [4.69, 9.17) is 42.8 Å². The molecule has 4 rings (SSSR count). The van der Waals surface area contributed by atoms with Crippen LogP contribution in [-0.2, 0) is 22.4 Å². The van der Waals surface area contributed by atoms with Gasteiger partial charge in [0, 0.05) is 12.8 Å². The number of nitrogens with zero attached hydrogens (tertiary/aromatic N) is 3. The SMILES string of the molecule is Nc1nc(N)c(C(=O)N[C@H]2CCC[N+](CCCc3ccc(OCC(=O)O)cc3)(CCCc3ccc(OCC(=O)O)cc3)C2)nc1Cl. The van der Waals surface area contributed by atoms with Crippen LogP contribution in [0.1, 0.15) is 47.3 Å². The third-order valence-electron chi connectivity index (χ3n) is 8.02. The lowest BCUT2D eigenvalue weighted by Gasteiger charge is -2.45. The molecule has 3 aromatic rings. The van der Waals surface area contributed by atoms with Crippen molar-refractivity contribution in [3.8, 4) is 11.5 Å². The highest BCUT2D eigenvalue weighted by Crippen LogP contribution is 2.25. The van der Waals surface area contributed by atoms with E-state index in [1.165, 1.54) is 0 Å². The number of hydrogen-bond donors (Lipinski definition) is 5. The van der Waals surface area contributed by atoms with Crippen LogP contribution in [0.5, 0.6) is 11.5 Å². The normalized spacial score (nSPS) is 15.5. The Morgan fingerprint density at radius 1 is 0.848 bits per heavy atom. The number of nitrogens with one attached hydrogen (secondary N) is 1. The molecule has 1 atom stereocenters. The van der Waals surface area contributed by atoms with Crippen LogP contribution in [-0.4, -0.2) is 87.9 Å². The predicted octanol–water partition coefficient (Wildman–Crippen LogP) is 3.20. The van der Waals surface area contributed by atoms with Crippen LogP contribution in [0.25, 0.3) is 0 Å². The van der Waals surface area contributed by atoms with Crippen molar-refractivity contribution in [1.82, 2.24) is 15.3 Å². The van der Waals surface area contributed by atoms with Gasteiger partial charge < -0.3 is 41.0 Å². The fourth-order valence-electron chi connectivity index (χ4n) is 5.85. The van der Waals surface area contributed by atoms with Crippen molar-refractivity contribution in [1.29, 1.82) is 0 Å². The molecule has 0 saturated carbocycles. The van der Waals surface area contributed by atoms with Gasteiger partial charge in [-0.25, -0.2) is 19.6 Å². The average molecular weight is 656 g/mol. The van der Waals surface area contributed by atoms with E-state index in [1.54, 1.807) is 24.3 Å². The van der Waals surface area contributed by atoms with Gasteiger partial charge >= 0.3 is 11.9 Å². The summed E-state index contributed by atoms with van der Waals surface area (Å²) in [5, 5.41) is 20.7. The summed E-state index contributed by atoms with van der Waals surface area (Å²) in [6, 6.07) is 14.8. The summed E-state index contributed by atoms with van der Waals surface area (Å²) in [7, 11) is 0. The highest BCUT2D eigenvalue weighted by atomic mass is 35.5. The van der Waals surface area contributed by atoms with Gasteiger partial charge in [0.2, 0.25) is 0 Å². The largest absolute Gasteiger partial charge is 0.482 e. The molecule has 246 valence electrons. The Balaban J connectivity index is 1.40. The number of piperidine rings is 1. The van der Waals surface area contributed by atoms with Crippen LogP contribution in [0.15, 0.2) is 48.5 Å². The number of amides is 1. The number of aromatic nitrogens is 2.